The first-order chi connectivity index (χ1) is 15.1. The number of para-hydroxylation sites is 1. The molecule has 8 nitrogen and oxygen atoms in total. The maximum atomic E-state index is 13.5. The zero-order valence-electron chi connectivity index (χ0n) is 20.1. The van der Waals surface area contributed by atoms with Gasteiger partial charge in [-0.25, -0.2) is 9.37 Å². The van der Waals surface area contributed by atoms with Gasteiger partial charge in [-0.3, -0.25) is 14.5 Å². The minimum atomic E-state index is -1.32. The summed E-state index contributed by atoms with van der Waals surface area (Å²) in [5.74, 6) is -2.74. The number of rotatable bonds is 5. The molecule has 0 N–H and O–H groups in total. The van der Waals surface area contributed by atoms with Gasteiger partial charge in [0.2, 0.25) is 0 Å². The Labute approximate surface area is 212 Å². The molecule has 1 aromatic rings. The zero-order chi connectivity index (χ0) is 23.7. The summed E-state index contributed by atoms with van der Waals surface area (Å²) in [5, 5.41) is 0. The highest BCUT2D eigenvalue weighted by Crippen LogP contribution is 2.51. The fraction of sp³-hybridized carbons (Fsp3) is 0.583. The van der Waals surface area contributed by atoms with Crippen LogP contribution >= 0.6 is 0 Å². The third kappa shape index (κ3) is 5.17. The van der Waals surface area contributed by atoms with Crippen molar-refractivity contribution in [3.05, 3.63) is 29.8 Å². The fourth-order valence-electron chi connectivity index (χ4n) is 4.72. The number of nitrogens with zero attached hydrogens (tertiary/aromatic N) is 2. The van der Waals surface area contributed by atoms with Crippen molar-refractivity contribution >= 4 is 29.9 Å². The predicted molar refractivity (Wildman–Crippen MR) is 119 cm³/mol. The van der Waals surface area contributed by atoms with Crippen LogP contribution in [0.25, 0.3) is 0 Å². The lowest BCUT2D eigenvalue weighted by Crippen LogP contribution is -3.00. The number of anilines is 1. The molecule has 0 bridgehead atoms. The van der Waals surface area contributed by atoms with Crippen LogP contribution in [-0.4, -0.2) is 67.3 Å². The van der Waals surface area contributed by atoms with Gasteiger partial charge in [0, 0.05) is 6.42 Å². The van der Waals surface area contributed by atoms with Crippen molar-refractivity contribution < 1.29 is 57.1 Å². The average Bonchev–Trinajstić information content (AvgIpc) is 3.21. The normalized spacial score (nSPS) is 21.4. The first kappa shape index (κ1) is 27.1. The fourth-order valence-corrected chi connectivity index (χ4v) is 4.72. The number of fused-ring (bicyclic) bond motifs is 2. The van der Waals surface area contributed by atoms with Crippen LogP contribution in [0.5, 0.6) is 0 Å². The van der Waals surface area contributed by atoms with E-state index < -0.39 is 41.0 Å². The molecule has 1 aromatic carbocycles. The number of ether oxygens (including phenoxy) is 3. The standard InChI is InChI=1S/C24H33N2O6.HI/c1-7-30-20(27)18(21(28)31-8-2)19-24(13-14-25(6)15-24)16-11-9-10-12-17(16)26(19)22(29)32-23(3,4)5;/h9-12,15,18-19H,7-8,13-14H2,1-6H3;1H/q+1;/p-1/t19-,24-;/m0./s1. The van der Waals surface area contributed by atoms with Gasteiger partial charge in [0.05, 0.1) is 24.9 Å². The van der Waals surface area contributed by atoms with E-state index in [-0.39, 0.29) is 37.2 Å². The first-order valence-electron chi connectivity index (χ1n) is 11.1. The number of esters is 2. The minimum absolute atomic E-state index is 0. The lowest BCUT2D eigenvalue weighted by Gasteiger charge is -2.36. The molecule has 2 heterocycles. The lowest BCUT2D eigenvalue weighted by molar-refractivity contribution is -0.484. The van der Waals surface area contributed by atoms with Gasteiger partial charge in [-0.05, 0) is 46.2 Å². The van der Waals surface area contributed by atoms with Gasteiger partial charge >= 0.3 is 18.0 Å². The maximum Gasteiger partial charge on any atom is 0.415 e. The van der Waals surface area contributed by atoms with Crippen molar-refractivity contribution in [2.45, 2.75) is 58.1 Å². The topological polar surface area (TPSA) is 85.2 Å². The van der Waals surface area contributed by atoms with Crippen molar-refractivity contribution in [1.82, 2.24) is 0 Å². The molecule has 2 atom stereocenters. The van der Waals surface area contributed by atoms with Gasteiger partial charge in [0.25, 0.3) is 0 Å². The van der Waals surface area contributed by atoms with Crippen molar-refractivity contribution in [3.8, 4) is 0 Å². The Hall–Kier alpha value is -2.17. The van der Waals surface area contributed by atoms with Crippen molar-refractivity contribution in [3.63, 3.8) is 0 Å². The second-order valence-electron chi connectivity index (χ2n) is 9.19. The minimum Gasteiger partial charge on any atom is -1.00 e. The molecule has 2 aliphatic heterocycles. The number of benzene rings is 1. The van der Waals surface area contributed by atoms with Gasteiger partial charge < -0.3 is 38.2 Å². The van der Waals surface area contributed by atoms with Gasteiger partial charge in [-0.15, -0.1) is 0 Å². The van der Waals surface area contributed by atoms with E-state index in [0.29, 0.717) is 18.7 Å². The molecule has 3 rings (SSSR count). The third-order valence-corrected chi connectivity index (χ3v) is 5.79. The predicted octanol–water partition coefficient (Wildman–Crippen LogP) is -0.0887. The monoisotopic (exact) mass is 572 g/mol. The quantitative estimate of drug-likeness (QED) is 0.161. The van der Waals surface area contributed by atoms with E-state index in [1.54, 1.807) is 34.6 Å². The SMILES string of the molecule is CCOC(=O)C(C(=O)OCC)[C@@H]1N(C(=O)OC(C)(C)C)c2ccccc2[C@]12C=[N+](C)CC2.[I-]. The summed E-state index contributed by atoms with van der Waals surface area (Å²) in [6.07, 6.45) is 2.01. The maximum absolute atomic E-state index is 13.5. The lowest BCUT2D eigenvalue weighted by atomic mass is 9.71. The average molecular weight is 572 g/mol. The van der Waals surface area contributed by atoms with E-state index in [0.717, 1.165) is 5.56 Å². The largest absolute Gasteiger partial charge is 1.00 e. The Balaban J connectivity index is 0.00000385. The van der Waals surface area contributed by atoms with E-state index >= 15 is 0 Å². The second kappa shape index (κ2) is 10.4. The number of amides is 1. The van der Waals surface area contributed by atoms with Crippen molar-refractivity contribution in [2.24, 2.45) is 5.92 Å². The molecule has 0 fully saturated rings. The summed E-state index contributed by atoms with van der Waals surface area (Å²) in [6, 6.07) is 6.61. The third-order valence-electron chi connectivity index (χ3n) is 5.79. The number of carbonyl (C=O) groups is 3. The van der Waals surface area contributed by atoms with Gasteiger partial charge in [-0.2, -0.15) is 0 Å². The van der Waals surface area contributed by atoms with E-state index in [2.05, 4.69) is 0 Å². The number of halogens is 1. The van der Waals surface area contributed by atoms with Crippen LogP contribution in [0, 0.1) is 5.92 Å². The second-order valence-corrected chi connectivity index (χ2v) is 9.19. The highest BCUT2D eigenvalue weighted by atomic mass is 127. The summed E-state index contributed by atoms with van der Waals surface area (Å²) in [6.45, 7) is 9.63. The van der Waals surface area contributed by atoms with Crippen LogP contribution in [-0.2, 0) is 29.2 Å². The molecule has 2 aliphatic rings. The molecule has 1 amide bonds. The zero-order valence-corrected chi connectivity index (χ0v) is 22.2. The van der Waals surface area contributed by atoms with E-state index in [1.807, 2.05) is 42.1 Å². The van der Waals surface area contributed by atoms with Crippen molar-refractivity contribution in [2.75, 3.05) is 31.7 Å². The van der Waals surface area contributed by atoms with Gasteiger partial charge in [-0.1, -0.05) is 18.2 Å². The smallest absolute Gasteiger partial charge is 0.415 e. The Morgan fingerprint density at radius 1 is 1.12 bits per heavy atom. The Morgan fingerprint density at radius 3 is 2.18 bits per heavy atom. The van der Waals surface area contributed by atoms with Gasteiger partial charge in [0.15, 0.2) is 12.1 Å². The molecule has 0 radical (unpaired) electrons. The molecule has 1 spiro atoms. The van der Waals surface area contributed by atoms with Crippen LogP contribution < -0.4 is 28.9 Å². The Kier molecular flexibility index (Phi) is 8.53. The number of hydrogen-bond donors (Lipinski definition) is 0. The van der Waals surface area contributed by atoms with Crippen LogP contribution in [0.2, 0.25) is 0 Å². The summed E-state index contributed by atoms with van der Waals surface area (Å²) in [5.41, 5.74) is -0.0196. The van der Waals surface area contributed by atoms with Crippen LogP contribution in [0.4, 0.5) is 10.5 Å². The molecule has 182 valence electrons. The summed E-state index contributed by atoms with van der Waals surface area (Å²) >= 11 is 0. The molecule has 0 aromatic heterocycles. The summed E-state index contributed by atoms with van der Waals surface area (Å²) in [7, 11) is 1.94. The molecule has 0 unspecified atom stereocenters. The molecule has 0 aliphatic carbocycles. The molecule has 9 heteroatoms. The molecule has 33 heavy (non-hydrogen) atoms. The van der Waals surface area contributed by atoms with Gasteiger partial charge in [0.1, 0.15) is 24.6 Å². The molecular weight excluding hydrogens is 539 g/mol. The Morgan fingerprint density at radius 2 is 1.70 bits per heavy atom. The molecule has 0 saturated carbocycles. The van der Waals surface area contributed by atoms with Crippen LogP contribution in [0.3, 0.4) is 0 Å². The molecular formula is C24H33IN2O6. The van der Waals surface area contributed by atoms with Crippen LogP contribution in [0.15, 0.2) is 24.3 Å². The summed E-state index contributed by atoms with van der Waals surface area (Å²) in [4.78, 5) is 41.2. The highest BCUT2D eigenvalue weighted by Gasteiger charge is 2.63. The summed E-state index contributed by atoms with van der Waals surface area (Å²) < 4.78 is 18.3. The highest BCUT2D eigenvalue weighted by molar-refractivity contribution is 6.04. The van der Waals surface area contributed by atoms with Crippen molar-refractivity contribution in [1.29, 1.82) is 0 Å². The Bertz CT molecular complexity index is 923. The van der Waals surface area contributed by atoms with E-state index in [9.17, 15) is 14.4 Å². The van der Waals surface area contributed by atoms with E-state index in [4.69, 9.17) is 14.2 Å². The first-order valence-corrected chi connectivity index (χ1v) is 11.1. The number of carbonyl (C=O) groups excluding carboxylic acids is 3. The molecule has 0 saturated heterocycles. The number of hydrogen-bond acceptors (Lipinski definition) is 6. The van der Waals surface area contributed by atoms with E-state index in [1.165, 1.54) is 4.90 Å². The van der Waals surface area contributed by atoms with Crippen LogP contribution in [0.1, 0.15) is 46.6 Å².